The second-order valence-corrected chi connectivity index (χ2v) is 9.96. The van der Waals surface area contributed by atoms with E-state index in [0.717, 1.165) is 0 Å². The zero-order valence-corrected chi connectivity index (χ0v) is 21.8. The van der Waals surface area contributed by atoms with Crippen LogP contribution in [0, 0.1) is 0 Å². The van der Waals surface area contributed by atoms with Crippen LogP contribution >= 0.6 is 11.6 Å². The van der Waals surface area contributed by atoms with Gasteiger partial charge in [-0.25, -0.2) is 9.97 Å². The number of nitrogens with one attached hydrogen (secondary N) is 4. The van der Waals surface area contributed by atoms with Gasteiger partial charge >= 0.3 is 6.18 Å². The zero-order valence-electron chi connectivity index (χ0n) is 21.0. The summed E-state index contributed by atoms with van der Waals surface area (Å²) in [5.41, 5.74) is 1.52. The SMILES string of the molecule is COc1c(Cl)cccc1Nc1c(-c2ccnc(NC(C)=O)n2)[nH]c2c1C(=O)NCC21CCN(CC(F)(F)F)C1. The Morgan fingerprint density at radius 2 is 2.10 bits per heavy atom. The Hall–Kier alpha value is -3.84. The van der Waals surface area contributed by atoms with E-state index in [2.05, 4.69) is 30.9 Å². The average molecular weight is 564 g/mol. The molecule has 1 saturated heterocycles. The van der Waals surface area contributed by atoms with Crippen LogP contribution in [0.4, 0.5) is 30.5 Å². The molecule has 2 aliphatic heterocycles. The maximum atomic E-state index is 13.3. The van der Waals surface area contributed by atoms with E-state index in [1.165, 1.54) is 25.1 Å². The first-order valence-corrected chi connectivity index (χ1v) is 12.4. The minimum absolute atomic E-state index is 0.0511. The van der Waals surface area contributed by atoms with Gasteiger partial charge in [0.15, 0.2) is 5.75 Å². The minimum Gasteiger partial charge on any atom is -0.493 e. The Kier molecular flexibility index (Phi) is 6.89. The number of rotatable bonds is 6. The van der Waals surface area contributed by atoms with Crippen LogP contribution in [0.3, 0.4) is 0 Å². The number of para-hydroxylation sites is 1. The van der Waals surface area contributed by atoms with Gasteiger partial charge in [-0.05, 0) is 31.2 Å². The number of methoxy groups -OCH3 is 1. The lowest BCUT2D eigenvalue weighted by Gasteiger charge is -2.34. The number of alkyl halides is 3. The van der Waals surface area contributed by atoms with Crippen LogP contribution in [0.1, 0.15) is 29.4 Å². The molecular formula is C25H25ClF3N7O3. The molecule has 0 radical (unpaired) electrons. The molecule has 4 heterocycles. The molecule has 1 aromatic carbocycles. The molecule has 3 aromatic rings. The Morgan fingerprint density at radius 3 is 2.82 bits per heavy atom. The number of ether oxygens (including phenoxy) is 1. The molecule has 1 spiro atoms. The molecule has 1 atom stereocenters. The third kappa shape index (κ3) is 5.23. The number of amides is 2. The van der Waals surface area contributed by atoms with Crippen LogP contribution < -0.4 is 20.7 Å². The molecule has 206 valence electrons. The second-order valence-electron chi connectivity index (χ2n) is 9.56. The highest BCUT2D eigenvalue weighted by Gasteiger charge is 2.49. The fourth-order valence-corrected chi connectivity index (χ4v) is 5.48. The summed E-state index contributed by atoms with van der Waals surface area (Å²) in [7, 11) is 1.46. The molecule has 39 heavy (non-hydrogen) atoms. The fourth-order valence-electron chi connectivity index (χ4n) is 5.23. The predicted octanol–water partition coefficient (Wildman–Crippen LogP) is 4.08. The maximum absolute atomic E-state index is 13.3. The summed E-state index contributed by atoms with van der Waals surface area (Å²) >= 11 is 6.32. The number of likely N-dealkylation sites (tertiary alicyclic amines) is 1. The van der Waals surface area contributed by atoms with Crippen molar-refractivity contribution >= 4 is 40.7 Å². The number of H-pyrrole nitrogens is 1. The lowest BCUT2D eigenvalue weighted by Crippen LogP contribution is -2.49. The highest BCUT2D eigenvalue weighted by Crippen LogP contribution is 2.46. The second kappa shape index (κ2) is 10.0. The van der Waals surface area contributed by atoms with Gasteiger partial charge in [-0.2, -0.15) is 13.2 Å². The van der Waals surface area contributed by atoms with Gasteiger partial charge in [-0.3, -0.25) is 19.8 Å². The van der Waals surface area contributed by atoms with Crippen molar-refractivity contribution in [3.63, 3.8) is 0 Å². The van der Waals surface area contributed by atoms with Crippen LogP contribution in [-0.4, -0.2) is 71.1 Å². The van der Waals surface area contributed by atoms with Crippen molar-refractivity contribution in [1.82, 2.24) is 25.2 Å². The van der Waals surface area contributed by atoms with Crippen molar-refractivity contribution in [1.29, 1.82) is 0 Å². The van der Waals surface area contributed by atoms with Gasteiger partial charge in [0, 0.05) is 37.3 Å². The minimum atomic E-state index is -4.34. The number of halogens is 4. The summed E-state index contributed by atoms with van der Waals surface area (Å²) in [6.07, 6.45) is -2.49. The lowest BCUT2D eigenvalue weighted by molar-refractivity contribution is -0.144. The van der Waals surface area contributed by atoms with E-state index >= 15 is 0 Å². The van der Waals surface area contributed by atoms with Gasteiger partial charge in [0.2, 0.25) is 11.9 Å². The molecule has 2 amide bonds. The number of anilines is 3. The molecule has 0 saturated carbocycles. The van der Waals surface area contributed by atoms with E-state index < -0.39 is 24.0 Å². The molecule has 4 N–H and O–H groups in total. The summed E-state index contributed by atoms with van der Waals surface area (Å²) in [5.74, 6) is -0.374. The molecule has 1 fully saturated rings. The number of aromatic amines is 1. The van der Waals surface area contributed by atoms with Crippen molar-refractivity contribution < 1.29 is 27.5 Å². The molecule has 2 aromatic heterocycles. The van der Waals surface area contributed by atoms with Crippen molar-refractivity contribution in [2.45, 2.75) is 24.9 Å². The van der Waals surface area contributed by atoms with Crippen LogP contribution in [0.25, 0.3) is 11.4 Å². The molecule has 10 nitrogen and oxygen atoms in total. The quantitative estimate of drug-likeness (QED) is 0.356. The first-order valence-electron chi connectivity index (χ1n) is 12.0. The summed E-state index contributed by atoms with van der Waals surface area (Å²) < 4.78 is 45.0. The van der Waals surface area contributed by atoms with Gasteiger partial charge in [0.25, 0.3) is 5.91 Å². The number of carbonyl (C=O) groups excluding carboxylic acids is 2. The summed E-state index contributed by atoms with van der Waals surface area (Å²) in [5, 5.41) is 8.98. The van der Waals surface area contributed by atoms with Gasteiger partial charge in [-0.15, -0.1) is 0 Å². The fraction of sp³-hybridized carbons (Fsp3) is 0.360. The third-order valence-corrected chi connectivity index (χ3v) is 7.11. The molecule has 0 aliphatic carbocycles. The van der Waals surface area contributed by atoms with E-state index in [1.807, 2.05) is 0 Å². The van der Waals surface area contributed by atoms with Gasteiger partial charge in [0.05, 0.1) is 47.0 Å². The van der Waals surface area contributed by atoms with Crippen LogP contribution in [0.2, 0.25) is 5.02 Å². The highest BCUT2D eigenvalue weighted by atomic mass is 35.5. The molecule has 5 rings (SSSR count). The summed E-state index contributed by atoms with van der Waals surface area (Å²) in [6.45, 7) is 0.772. The number of aromatic nitrogens is 3. The number of hydrogen-bond acceptors (Lipinski definition) is 7. The number of nitrogens with zero attached hydrogens (tertiary/aromatic N) is 3. The Morgan fingerprint density at radius 1 is 1.31 bits per heavy atom. The van der Waals surface area contributed by atoms with Crippen molar-refractivity contribution in [3.8, 4) is 17.1 Å². The maximum Gasteiger partial charge on any atom is 0.401 e. The summed E-state index contributed by atoms with van der Waals surface area (Å²) in [6, 6.07) is 6.67. The smallest absolute Gasteiger partial charge is 0.401 e. The van der Waals surface area contributed by atoms with Crippen LogP contribution in [-0.2, 0) is 10.2 Å². The summed E-state index contributed by atoms with van der Waals surface area (Å²) in [4.78, 5) is 38.1. The Balaban J connectivity index is 1.66. The van der Waals surface area contributed by atoms with Gasteiger partial charge in [0.1, 0.15) is 0 Å². The topological polar surface area (TPSA) is 124 Å². The largest absolute Gasteiger partial charge is 0.493 e. The molecule has 14 heteroatoms. The normalized spacial score (nSPS) is 19.1. The number of hydrogen-bond donors (Lipinski definition) is 4. The first-order chi connectivity index (χ1) is 18.5. The molecule has 1 unspecified atom stereocenters. The Labute approximate surface area is 226 Å². The number of carbonyl (C=O) groups is 2. The zero-order chi connectivity index (χ0) is 27.9. The van der Waals surface area contributed by atoms with Crippen molar-refractivity contribution in [2.75, 3.05) is 43.9 Å². The number of benzene rings is 1. The lowest BCUT2D eigenvalue weighted by atomic mass is 9.79. The van der Waals surface area contributed by atoms with E-state index in [1.54, 1.807) is 24.3 Å². The van der Waals surface area contributed by atoms with Gasteiger partial charge in [-0.1, -0.05) is 17.7 Å². The van der Waals surface area contributed by atoms with Gasteiger partial charge < -0.3 is 20.4 Å². The molecule has 0 bridgehead atoms. The third-order valence-electron chi connectivity index (χ3n) is 6.81. The van der Waals surface area contributed by atoms with Crippen LogP contribution in [0.5, 0.6) is 5.75 Å². The highest BCUT2D eigenvalue weighted by molar-refractivity contribution is 6.32. The van der Waals surface area contributed by atoms with E-state index in [0.29, 0.717) is 45.6 Å². The predicted molar refractivity (Wildman–Crippen MR) is 139 cm³/mol. The van der Waals surface area contributed by atoms with Crippen molar-refractivity contribution in [2.24, 2.45) is 0 Å². The molecular weight excluding hydrogens is 539 g/mol. The Bertz CT molecular complexity index is 1440. The van der Waals surface area contributed by atoms with Crippen LogP contribution in [0.15, 0.2) is 30.5 Å². The number of fused-ring (bicyclic) bond motifs is 2. The molecule has 2 aliphatic rings. The van der Waals surface area contributed by atoms with Crippen molar-refractivity contribution in [3.05, 3.63) is 46.7 Å². The first kappa shape index (κ1) is 26.8. The monoisotopic (exact) mass is 563 g/mol. The average Bonchev–Trinajstić information content (AvgIpc) is 3.43. The van der Waals surface area contributed by atoms with E-state index in [4.69, 9.17) is 16.3 Å². The van der Waals surface area contributed by atoms with E-state index in [9.17, 15) is 22.8 Å². The van der Waals surface area contributed by atoms with E-state index in [-0.39, 0.29) is 37.1 Å². The standard InChI is InChI=1S/C25H25ClF3N7O3/c1-13(37)32-23-30-8-6-15(34-23)18-19(33-16-5-3-4-14(26)20(16)39-2)17-21(35-18)24(10-31-22(17)38)7-9-36(11-24)12-25(27,28)29/h3-6,8,33,35H,7,9-12H2,1-2H3,(H,31,38)(H,30,32,34,37).